The van der Waals surface area contributed by atoms with Crippen LogP contribution in [-0.2, 0) is 4.79 Å². The lowest BCUT2D eigenvalue weighted by molar-refractivity contribution is -0.113. The van der Waals surface area contributed by atoms with E-state index in [1.807, 2.05) is 21.0 Å². The van der Waals surface area contributed by atoms with Crippen molar-refractivity contribution in [3.8, 4) is 0 Å². The van der Waals surface area contributed by atoms with Crippen LogP contribution in [0.1, 0.15) is 26.7 Å². The minimum atomic E-state index is 0.140. The Bertz CT molecular complexity index is 161. The molecule has 0 amide bonds. The van der Waals surface area contributed by atoms with Crippen LogP contribution in [0, 0.1) is 0 Å². The van der Waals surface area contributed by atoms with Crippen LogP contribution in [0.4, 0.5) is 0 Å². The molecule has 0 aliphatic rings. The van der Waals surface area contributed by atoms with Crippen LogP contribution in [0.5, 0.6) is 0 Å². The summed E-state index contributed by atoms with van der Waals surface area (Å²) in [5.74, 6) is 0.140. The fourth-order valence-electron chi connectivity index (χ4n) is 0.764. The molecule has 0 heterocycles. The van der Waals surface area contributed by atoms with Gasteiger partial charge in [-0.2, -0.15) is 5.10 Å². The van der Waals surface area contributed by atoms with Crippen molar-refractivity contribution in [2.75, 3.05) is 14.1 Å². The molecule has 3 heteroatoms. The zero-order valence-corrected chi connectivity index (χ0v) is 7.72. The Morgan fingerprint density at radius 1 is 1.45 bits per heavy atom. The third-order valence-electron chi connectivity index (χ3n) is 1.23. The van der Waals surface area contributed by atoms with Crippen LogP contribution in [0.15, 0.2) is 5.10 Å². The van der Waals surface area contributed by atoms with Gasteiger partial charge in [0.25, 0.3) is 0 Å². The van der Waals surface area contributed by atoms with Crippen molar-refractivity contribution >= 4 is 11.5 Å². The average Bonchev–Trinajstić information content (AvgIpc) is 1.86. The summed E-state index contributed by atoms with van der Waals surface area (Å²) in [4.78, 5) is 11.1. The topological polar surface area (TPSA) is 32.7 Å². The molecule has 0 aliphatic carbocycles. The first-order valence-electron chi connectivity index (χ1n) is 3.83. The van der Waals surface area contributed by atoms with E-state index in [4.69, 9.17) is 0 Å². The van der Waals surface area contributed by atoms with Crippen molar-refractivity contribution < 1.29 is 4.79 Å². The molecule has 0 aliphatic heterocycles. The molecule has 0 atom stereocenters. The summed E-state index contributed by atoms with van der Waals surface area (Å²) in [5.41, 5.74) is 0.594. The fraction of sp³-hybridized carbons (Fsp3) is 0.750. The Balaban J connectivity index is 4.01. The number of hydrazone groups is 1. The summed E-state index contributed by atoms with van der Waals surface area (Å²) in [7, 11) is 3.62. The predicted molar refractivity (Wildman–Crippen MR) is 46.7 cm³/mol. The van der Waals surface area contributed by atoms with Crippen molar-refractivity contribution in [2.24, 2.45) is 5.10 Å². The third kappa shape index (κ3) is 4.53. The number of rotatable bonds is 4. The minimum Gasteiger partial charge on any atom is -0.303 e. The normalized spacial score (nSPS) is 11.5. The highest BCUT2D eigenvalue weighted by atomic mass is 16.1. The number of carbonyl (C=O) groups is 1. The lowest BCUT2D eigenvalue weighted by Gasteiger charge is -2.05. The van der Waals surface area contributed by atoms with Crippen molar-refractivity contribution in [1.82, 2.24) is 5.01 Å². The number of ketones is 1. The average molecular weight is 156 g/mol. The first kappa shape index (κ1) is 10.1. The van der Waals surface area contributed by atoms with E-state index in [-0.39, 0.29) is 5.78 Å². The van der Waals surface area contributed by atoms with Crippen LogP contribution in [0.2, 0.25) is 0 Å². The zero-order valence-electron chi connectivity index (χ0n) is 7.72. The van der Waals surface area contributed by atoms with Crippen LogP contribution in [-0.4, -0.2) is 30.6 Å². The number of hydrogen-bond acceptors (Lipinski definition) is 3. The van der Waals surface area contributed by atoms with E-state index in [9.17, 15) is 4.79 Å². The summed E-state index contributed by atoms with van der Waals surface area (Å²) in [6, 6.07) is 0. The van der Waals surface area contributed by atoms with Gasteiger partial charge in [0.15, 0.2) is 5.78 Å². The number of nitrogens with zero attached hydrogens (tertiary/aromatic N) is 2. The van der Waals surface area contributed by atoms with Crippen molar-refractivity contribution in [3.63, 3.8) is 0 Å². The summed E-state index contributed by atoms with van der Waals surface area (Å²) in [5, 5.41) is 5.64. The highest BCUT2D eigenvalue weighted by molar-refractivity contribution is 6.38. The van der Waals surface area contributed by atoms with Gasteiger partial charge in [0.1, 0.15) is 5.71 Å². The van der Waals surface area contributed by atoms with Gasteiger partial charge < -0.3 is 5.01 Å². The van der Waals surface area contributed by atoms with Gasteiger partial charge in [0.2, 0.25) is 0 Å². The van der Waals surface area contributed by atoms with Gasteiger partial charge in [0.05, 0.1) is 0 Å². The van der Waals surface area contributed by atoms with Crippen LogP contribution in [0.25, 0.3) is 0 Å². The molecular formula is C8H16N2O. The second-order valence-electron chi connectivity index (χ2n) is 2.71. The van der Waals surface area contributed by atoms with Crippen LogP contribution in [0.3, 0.4) is 0 Å². The van der Waals surface area contributed by atoms with E-state index in [2.05, 4.69) is 5.10 Å². The first-order chi connectivity index (χ1) is 5.07. The highest BCUT2D eigenvalue weighted by Crippen LogP contribution is 1.92. The Morgan fingerprint density at radius 3 is 2.36 bits per heavy atom. The Morgan fingerprint density at radius 2 is 2.00 bits per heavy atom. The SMILES string of the molecule is CCCC(=O)/C(C)=N/N(C)C. The van der Waals surface area contributed by atoms with E-state index in [1.165, 1.54) is 0 Å². The molecule has 11 heavy (non-hydrogen) atoms. The molecule has 0 fully saturated rings. The molecule has 0 saturated carbocycles. The maximum atomic E-state index is 11.1. The zero-order chi connectivity index (χ0) is 8.85. The fourth-order valence-corrected chi connectivity index (χ4v) is 0.764. The Labute approximate surface area is 68.1 Å². The number of carbonyl (C=O) groups excluding carboxylic acids is 1. The molecular weight excluding hydrogens is 140 g/mol. The molecule has 0 rings (SSSR count). The number of Topliss-reactive ketones (excluding diaryl/α,β-unsaturated/α-hetero) is 1. The maximum Gasteiger partial charge on any atom is 0.178 e. The largest absolute Gasteiger partial charge is 0.303 e. The second-order valence-corrected chi connectivity index (χ2v) is 2.71. The lowest BCUT2D eigenvalue weighted by Crippen LogP contribution is -2.14. The minimum absolute atomic E-state index is 0.140. The molecule has 0 saturated heterocycles. The van der Waals surface area contributed by atoms with E-state index >= 15 is 0 Å². The van der Waals surface area contributed by atoms with Gasteiger partial charge in [-0.25, -0.2) is 0 Å². The highest BCUT2D eigenvalue weighted by Gasteiger charge is 2.03. The van der Waals surface area contributed by atoms with Gasteiger partial charge in [-0.05, 0) is 13.3 Å². The molecule has 0 radical (unpaired) electrons. The molecule has 0 spiro atoms. The van der Waals surface area contributed by atoms with Crippen LogP contribution < -0.4 is 0 Å². The van der Waals surface area contributed by atoms with Crippen molar-refractivity contribution in [1.29, 1.82) is 0 Å². The second kappa shape index (κ2) is 4.88. The van der Waals surface area contributed by atoms with E-state index < -0.39 is 0 Å². The maximum absolute atomic E-state index is 11.1. The van der Waals surface area contributed by atoms with Gasteiger partial charge in [-0.15, -0.1) is 0 Å². The van der Waals surface area contributed by atoms with Crippen molar-refractivity contribution in [3.05, 3.63) is 0 Å². The summed E-state index contributed by atoms with van der Waals surface area (Å²) < 4.78 is 0. The van der Waals surface area contributed by atoms with E-state index in [0.29, 0.717) is 12.1 Å². The predicted octanol–water partition coefficient (Wildman–Crippen LogP) is 1.29. The third-order valence-corrected chi connectivity index (χ3v) is 1.23. The Kier molecular flexibility index (Phi) is 4.50. The molecule has 64 valence electrons. The van der Waals surface area contributed by atoms with Crippen molar-refractivity contribution in [2.45, 2.75) is 26.7 Å². The van der Waals surface area contributed by atoms with Gasteiger partial charge >= 0.3 is 0 Å². The molecule has 0 aromatic heterocycles. The van der Waals surface area contributed by atoms with E-state index in [1.54, 1.807) is 11.9 Å². The van der Waals surface area contributed by atoms with Gasteiger partial charge in [-0.3, -0.25) is 4.79 Å². The smallest absolute Gasteiger partial charge is 0.178 e. The standard InChI is InChI=1S/C8H16N2O/c1-5-6-8(11)7(2)9-10(3)4/h5-6H2,1-4H3/b9-7+. The van der Waals surface area contributed by atoms with Gasteiger partial charge in [0, 0.05) is 20.5 Å². The van der Waals surface area contributed by atoms with Gasteiger partial charge in [-0.1, -0.05) is 6.92 Å². The molecule has 0 aromatic rings. The lowest BCUT2D eigenvalue weighted by atomic mass is 10.2. The summed E-state index contributed by atoms with van der Waals surface area (Å²) in [6.07, 6.45) is 1.49. The molecule has 0 N–H and O–H groups in total. The summed E-state index contributed by atoms with van der Waals surface area (Å²) in [6.45, 7) is 3.73. The summed E-state index contributed by atoms with van der Waals surface area (Å²) >= 11 is 0. The molecule has 0 bridgehead atoms. The quantitative estimate of drug-likeness (QED) is 0.454. The molecule has 3 nitrogen and oxygen atoms in total. The molecule has 0 aromatic carbocycles. The van der Waals surface area contributed by atoms with Crippen LogP contribution >= 0.6 is 0 Å². The monoisotopic (exact) mass is 156 g/mol. The molecule has 0 unspecified atom stereocenters. The Hall–Kier alpha value is -0.860. The number of hydrogen-bond donors (Lipinski definition) is 0. The first-order valence-corrected chi connectivity index (χ1v) is 3.83. The van der Waals surface area contributed by atoms with E-state index in [0.717, 1.165) is 6.42 Å².